The molecule has 1 saturated carbocycles. The van der Waals surface area contributed by atoms with Crippen LogP contribution in [0.15, 0.2) is 62.8 Å². The summed E-state index contributed by atoms with van der Waals surface area (Å²) in [5.74, 6) is 0.399. The summed E-state index contributed by atoms with van der Waals surface area (Å²) in [4.78, 5) is 13.9. The zero-order valence-corrected chi connectivity index (χ0v) is 18.3. The molecule has 156 valence electrons. The van der Waals surface area contributed by atoms with E-state index in [9.17, 15) is 0 Å². The first-order valence-electron chi connectivity index (χ1n) is 10.7. The number of hydrogen-bond acceptors (Lipinski definition) is 5. The Morgan fingerprint density at radius 2 is 2.14 bits per heavy atom. The minimum absolute atomic E-state index is 0.0164. The van der Waals surface area contributed by atoms with E-state index < -0.39 is 0 Å². The lowest BCUT2D eigenvalue weighted by Gasteiger charge is -2.27. The summed E-state index contributed by atoms with van der Waals surface area (Å²) in [6.45, 7) is 12.6. The molecule has 1 heterocycles. The van der Waals surface area contributed by atoms with Crippen LogP contribution in [-0.4, -0.2) is 36.1 Å². The Kier molecular flexibility index (Phi) is 9.13. The van der Waals surface area contributed by atoms with Gasteiger partial charge in [0.1, 0.15) is 6.17 Å². The Morgan fingerprint density at radius 3 is 2.76 bits per heavy atom. The Labute approximate surface area is 175 Å². The number of hydrogen-bond donors (Lipinski definition) is 2. The van der Waals surface area contributed by atoms with Gasteiger partial charge in [-0.15, -0.1) is 0 Å². The van der Waals surface area contributed by atoms with Crippen molar-refractivity contribution >= 4 is 23.9 Å². The second kappa shape index (κ2) is 11.6. The van der Waals surface area contributed by atoms with Crippen LogP contribution in [0, 0.1) is 11.3 Å². The van der Waals surface area contributed by atoms with Crippen molar-refractivity contribution in [1.29, 1.82) is 5.41 Å². The summed E-state index contributed by atoms with van der Waals surface area (Å²) >= 11 is 0. The first-order valence-corrected chi connectivity index (χ1v) is 10.7. The lowest BCUT2D eigenvalue weighted by atomic mass is 9.93. The molecule has 2 N–H and O–H groups in total. The van der Waals surface area contributed by atoms with Crippen molar-refractivity contribution in [3.63, 3.8) is 0 Å². The van der Waals surface area contributed by atoms with Crippen molar-refractivity contribution < 1.29 is 0 Å². The van der Waals surface area contributed by atoms with Crippen LogP contribution in [0.1, 0.15) is 59.8 Å². The van der Waals surface area contributed by atoms with Crippen LogP contribution in [0.2, 0.25) is 0 Å². The molecule has 1 fully saturated rings. The summed E-state index contributed by atoms with van der Waals surface area (Å²) in [5.41, 5.74) is 3.96. The number of nitrogens with zero attached hydrogens (tertiary/aromatic N) is 3. The maximum atomic E-state index is 7.89. The predicted octanol–water partition coefficient (Wildman–Crippen LogP) is 5.43. The smallest absolute Gasteiger partial charge is 0.103 e. The Balaban J connectivity index is 2.42. The highest BCUT2D eigenvalue weighted by molar-refractivity contribution is 6.33. The van der Waals surface area contributed by atoms with Crippen LogP contribution in [0.4, 0.5) is 0 Å². The van der Waals surface area contributed by atoms with Crippen LogP contribution < -0.4 is 5.32 Å². The second-order valence-electron chi connectivity index (χ2n) is 7.74. The third kappa shape index (κ3) is 6.29. The molecule has 29 heavy (non-hydrogen) atoms. The molecule has 1 aliphatic carbocycles. The lowest BCUT2D eigenvalue weighted by molar-refractivity contribution is 0.338. The average molecular weight is 394 g/mol. The van der Waals surface area contributed by atoms with Gasteiger partial charge in [0.25, 0.3) is 0 Å². The molecule has 0 bridgehead atoms. The molecule has 0 aromatic rings. The topological polar surface area (TPSA) is 73.0 Å². The van der Waals surface area contributed by atoms with E-state index in [-0.39, 0.29) is 6.17 Å². The summed E-state index contributed by atoms with van der Waals surface area (Å²) in [5, 5.41) is 11.7. The van der Waals surface area contributed by atoms with Crippen molar-refractivity contribution in [2.45, 2.75) is 72.0 Å². The van der Waals surface area contributed by atoms with Crippen LogP contribution in [-0.2, 0) is 0 Å². The number of allylic oxidation sites excluding steroid dienone is 5. The predicted molar refractivity (Wildman–Crippen MR) is 127 cm³/mol. The van der Waals surface area contributed by atoms with E-state index in [2.05, 4.69) is 35.7 Å². The molecule has 1 aliphatic heterocycles. The van der Waals surface area contributed by atoms with Crippen LogP contribution in [0.3, 0.4) is 0 Å². The van der Waals surface area contributed by atoms with Gasteiger partial charge >= 0.3 is 0 Å². The summed E-state index contributed by atoms with van der Waals surface area (Å²) in [6.07, 6.45) is 16.3. The quantitative estimate of drug-likeness (QED) is 0.504. The largest absolute Gasteiger partial charge is 0.308 e. The molecule has 2 aliphatic rings. The third-order valence-electron chi connectivity index (χ3n) is 5.62. The van der Waals surface area contributed by atoms with Crippen molar-refractivity contribution in [1.82, 2.24) is 5.32 Å². The molecule has 0 aromatic carbocycles. The van der Waals surface area contributed by atoms with Gasteiger partial charge in [0.05, 0.1) is 5.71 Å². The van der Waals surface area contributed by atoms with E-state index in [0.29, 0.717) is 17.5 Å². The van der Waals surface area contributed by atoms with Crippen LogP contribution >= 0.6 is 0 Å². The molecule has 0 saturated heterocycles. The van der Waals surface area contributed by atoms with Gasteiger partial charge in [-0.2, -0.15) is 0 Å². The fourth-order valence-electron chi connectivity index (χ4n) is 3.46. The van der Waals surface area contributed by atoms with Gasteiger partial charge in [0, 0.05) is 53.3 Å². The number of aliphatic imine (C=N–C) groups is 3. The highest BCUT2D eigenvalue weighted by Crippen LogP contribution is 2.25. The maximum Gasteiger partial charge on any atom is 0.103 e. The SMILES string of the molecule is C=C1C(C)=NC=C(/C(C=N)=C/N=C\C=C/C)/C1=N/C(NC1CCCC1)C(C)CC. The average Bonchev–Trinajstić information content (AvgIpc) is 3.24. The highest BCUT2D eigenvalue weighted by atomic mass is 15.1. The highest BCUT2D eigenvalue weighted by Gasteiger charge is 2.26. The minimum atomic E-state index is 0.0164. The Morgan fingerprint density at radius 1 is 1.41 bits per heavy atom. The van der Waals surface area contributed by atoms with E-state index in [4.69, 9.17) is 10.4 Å². The van der Waals surface area contributed by atoms with E-state index in [1.54, 1.807) is 18.6 Å². The van der Waals surface area contributed by atoms with Gasteiger partial charge in [-0.1, -0.05) is 45.8 Å². The zero-order valence-electron chi connectivity index (χ0n) is 18.3. The lowest BCUT2D eigenvalue weighted by Crippen LogP contribution is -2.40. The van der Waals surface area contributed by atoms with Gasteiger partial charge in [-0.3, -0.25) is 20.3 Å². The fourth-order valence-corrected chi connectivity index (χ4v) is 3.46. The maximum absolute atomic E-state index is 7.89. The summed E-state index contributed by atoms with van der Waals surface area (Å²) in [7, 11) is 0. The van der Waals surface area contributed by atoms with E-state index >= 15 is 0 Å². The molecule has 0 amide bonds. The molecular formula is C24H35N5. The standard InChI is InChI=1S/C24H35N5/c1-6-8-13-26-15-20(14-25)22-16-27-19(5)18(4)23(22)29-24(17(3)7-2)28-21-11-9-10-12-21/h6,8,13-17,21,24-25,28H,4,7,9-12H2,1-3,5H3/b8-6-,20-15+,25-14?,26-13-,29-23+. The van der Waals surface area contributed by atoms with Gasteiger partial charge in [-0.05, 0) is 38.7 Å². The van der Waals surface area contributed by atoms with E-state index in [1.807, 2.05) is 26.0 Å². The molecule has 5 nitrogen and oxygen atoms in total. The van der Waals surface area contributed by atoms with Crippen molar-refractivity contribution in [3.05, 3.63) is 47.9 Å². The monoisotopic (exact) mass is 393 g/mol. The van der Waals surface area contributed by atoms with Crippen LogP contribution in [0.25, 0.3) is 0 Å². The number of nitrogens with one attached hydrogen (secondary N) is 2. The molecule has 2 atom stereocenters. The van der Waals surface area contributed by atoms with Crippen LogP contribution in [0.5, 0.6) is 0 Å². The van der Waals surface area contributed by atoms with Gasteiger partial charge in [0.2, 0.25) is 0 Å². The zero-order chi connectivity index (χ0) is 21.2. The minimum Gasteiger partial charge on any atom is -0.308 e. The van der Waals surface area contributed by atoms with Gasteiger partial charge in [0.15, 0.2) is 0 Å². The van der Waals surface area contributed by atoms with Crippen molar-refractivity contribution in [2.24, 2.45) is 20.9 Å². The normalized spacial score (nSPS) is 22.4. The first-order chi connectivity index (χ1) is 14.0. The van der Waals surface area contributed by atoms with E-state index in [1.165, 1.54) is 31.9 Å². The first kappa shape index (κ1) is 22.9. The molecule has 0 aromatic heterocycles. The number of rotatable bonds is 9. The second-order valence-corrected chi connectivity index (χ2v) is 7.74. The van der Waals surface area contributed by atoms with Crippen molar-refractivity contribution in [2.75, 3.05) is 0 Å². The van der Waals surface area contributed by atoms with Crippen molar-refractivity contribution in [3.8, 4) is 0 Å². The van der Waals surface area contributed by atoms with Gasteiger partial charge < -0.3 is 5.41 Å². The van der Waals surface area contributed by atoms with Gasteiger partial charge in [-0.25, -0.2) is 0 Å². The molecule has 0 spiro atoms. The Hall–Kier alpha value is -2.40. The molecular weight excluding hydrogens is 358 g/mol. The molecule has 0 radical (unpaired) electrons. The molecule has 2 unspecified atom stereocenters. The fraction of sp³-hybridized carbons (Fsp3) is 0.500. The summed E-state index contributed by atoms with van der Waals surface area (Å²) < 4.78 is 0. The molecule has 5 heteroatoms. The van der Waals surface area contributed by atoms with E-state index in [0.717, 1.165) is 29.0 Å². The Bertz CT molecular complexity index is 773. The molecule has 2 rings (SSSR count). The third-order valence-corrected chi connectivity index (χ3v) is 5.62. The summed E-state index contributed by atoms with van der Waals surface area (Å²) in [6, 6.07) is 0.528.